The number of nitrogens with zero attached hydrogens (tertiary/aromatic N) is 1. The molecule has 14 heteroatoms. The van der Waals surface area contributed by atoms with Gasteiger partial charge in [0.15, 0.2) is 0 Å². The van der Waals surface area contributed by atoms with E-state index < -0.39 is 72.8 Å². The van der Waals surface area contributed by atoms with Crippen molar-refractivity contribution in [3.05, 3.63) is 18.2 Å². The SMILES string of the molecule is CCC(C)C(NC(=O)C(Cc1cnc[nH]1)NC(=O)C(N)CC(=O)O)C(=O)NC(CO)C(=O)O. The van der Waals surface area contributed by atoms with Crippen LogP contribution in [0.5, 0.6) is 0 Å². The van der Waals surface area contributed by atoms with Gasteiger partial charge in [0.2, 0.25) is 17.7 Å². The minimum Gasteiger partial charge on any atom is -0.481 e. The molecule has 0 aliphatic heterocycles. The fourth-order valence-corrected chi connectivity index (χ4v) is 2.79. The first-order valence-electron chi connectivity index (χ1n) is 10.2. The molecule has 0 radical (unpaired) electrons. The third-order valence-electron chi connectivity index (χ3n) is 4.93. The Hall–Kier alpha value is -3.52. The van der Waals surface area contributed by atoms with Crippen LogP contribution in [0.4, 0.5) is 0 Å². The molecular formula is C19H30N6O8. The molecule has 1 aromatic heterocycles. The molecule has 0 fully saturated rings. The van der Waals surface area contributed by atoms with Crippen LogP contribution >= 0.6 is 0 Å². The van der Waals surface area contributed by atoms with E-state index in [1.54, 1.807) is 13.8 Å². The van der Waals surface area contributed by atoms with E-state index in [1.165, 1.54) is 12.5 Å². The molecule has 0 saturated carbocycles. The lowest BCUT2D eigenvalue weighted by Gasteiger charge is -2.27. The summed E-state index contributed by atoms with van der Waals surface area (Å²) in [6, 6.07) is -5.39. The number of H-pyrrole nitrogens is 1. The molecule has 0 bridgehead atoms. The van der Waals surface area contributed by atoms with Crippen molar-refractivity contribution in [3.8, 4) is 0 Å². The van der Waals surface area contributed by atoms with Crippen LogP contribution in [0.2, 0.25) is 0 Å². The van der Waals surface area contributed by atoms with Crippen molar-refractivity contribution in [1.29, 1.82) is 0 Å². The van der Waals surface area contributed by atoms with Crippen molar-refractivity contribution in [1.82, 2.24) is 25.9 Å². The smallest absolute Gasteiger partial charge is 0.328 e. The maximum atomic E-state index is 13.0. The van der Waals surface area contributed by atoms with Crippen molar-refractivity contribution < 1.29 is 39.3 Å². The highest BCUT2D eigenvalue weighted by molar-refractivity contribution is 5.95. The van der Waals surface area contributed by atoms with Gasteiger partial charge in [-0.05, 0) is 5.92 Å². The van der Waals surface area contributed by atoms with Crippen LogP contribution in [0.3, 0.4) is 0 Å². The molecule has 9 N–H and O–H groups in total. The number of imidazole rings is 1. The Labute approximate surface area is 189 Å². The van der Waals surface area contributed by atoms with Crippen molar-refractivity contribution >= 4 is 29.7 Å². The Morgan fingerprint density at radius 1 is 1.06 bits per heavy atom. The summed E-state index contributed by atoms with van der Waals surface area (Å²) in [5, 5.41) is 34.1. The monoisotopic (exact) mass is 470 g/mol. The van der Waals surface area contributed by atoms with E-state index in [0.29, 0.717) is 12.1 Å². The topological polar surface area (TPSA) is 237 Å². The highest BCUT2D eigenvalue weighted by Gasteiger charge is 2.33. The van der Waals surface area contributed by atoms with Gasteiger partial charge in [0.05, 0.1) is 25.4 Å². The molecule has 0 aliphatic rings. The minimum absolute atomic E-state index is 0.0688. The van der Waals surface area contributed by atoms with Gasteiger partial charge < -0.3 is 42.0 Å². The molecule has 1 aromatic rings. The van der Waals surface area contributed by atoms with Gasteiger partial charge in [0, 0.05) is 18.3 Å². The first kappa shape index (κ1) is 27.5. The Bertz CT molecular complexity index is 830. The van der Waals surface area contributed by atoms with E-state index in [4.69, 9.17) is 21.1 Å². The molecule has 184 valence electrons. The van der Waals surface area contributed by atoms with Crippen LogP contribution < -0.4 is 21.7 Å². The van der Waals surface area contributed by atoms with Crippen LogP contribution in [-0.2, 0) is 30.4 Å². The summed E-state index contributed by atoms with van der Waals surface area (Å²) in [4.78, 5) is 66.5. The highest BCUT2D eigenvalue weighted by Crippen LogP contribution is 2.10. The summed E-state index contributed by atoms with van der Waals surface area (Å²) in [6.07, 6.45) is 2.50. The number of carbonyl (C=O) groups is 5. The first-order chi connectivity index (χ1) is 15.5. The van der Waals surface area contributed by atoms with E-state index >= 15 is 0 Å². The zero-order valence-corrected chi connectivity index (χ0v) is 18.3. The predicted molar refractivity (Wildman–Crippen MR) is 112 cm³/mol. The quantitative estimate of drug-likeness (QED) is 0.140. The Morgan fingerprint density at radius 3 is 2.18 bits per heavy atom. The number of nitrogens with one attached hydrogen (secondary N) is 4. The van der Waals surface area contributed by atoms with E-state index in [9.17, 15) is 24.0 Å². The van der Waals surface area contributed by atoms with Gasteiger partial charge in [-0.3, -0.25) is 19.2 Å². The van der Waals surface area contributed by atoms with E-state index in [2.05, 4.69) is 25.9 Å². The maximum Gasteiger partial charge on any atom is 0.328 e. The molecule has 33 heavy (non-hydrogen) atoms. The average Bonchev–Trinajstić information content (AvgIpc) is 3.26. The van der Waals surface area contributed by atoms with Crippen LogP contribution in [0.15, 0.2) is 12.5 Å². The van der Waals surface area contributed by atoms with E-state index in [0.717, 1.165) is 0 Å². The summed E-state index contributed by atoms with van der Waals surface area (Å²) < 4.78 is 0. The number of carbonyl (C=O) groups excluding carboxylic acids is 3. The lowest BCUT2D eigenvalue weighted by atomic mass is 9.97. The molecule has 1 rings (SSSR count). The normalized spacial score (nSPS) is 15.4. The zero-order valence-electron chi connectivity index (χ0n) is 18.3. The van der Waals surface area contributed by atoms with E-state index in [-0.39, 0.29) is 6.42 Å². The largest absolute Gasteiger partial charge is 0.481 e. The number of carboxylic acid groups (broad SMARTS) is 2. The molecule has 3 amide bonds. The fourth-order valence-electron chi connectivity index (χ4n) is 2.79. The van der Waals surface area contributed by atoms with Crippen molar-refractivity contribution in [3.63, 3.8) is 0 Å². The zero-order chi connectivity index (χ0) is 25.1. The number of amides is 3. The number of hydrogen-bond donors (Lipinski definition) is 8. The number of hydrogen-bond acceptors (Lipinski definition) is 8. The fraction of sp³-hybridized carbons (Fsp3) is 0.579. The maximum absolute atomic E-state index is 13.0. The molecule has 5 atom stereocenters. The van der Waals surface area contributed by atoms with Gasteiger partial charge in [-0.25, -0.2) is 9.78 Å². The van der Waals surface area contributed by atoms with Gasteiger partial charge in [0.1, 0.15) is 18.1 Å². The predicted octanol–water partition coefficient (Wildman–Crippen LogP) is -2.67. The minimum atomic E-state index is -1.56. The second-order valence-electron chi connectivity index (χ2n) is 7.50. The second-order valence-corrected chi connectivity index (χ2v) is 7.50. The van der Waals surface area contributed by atoms with Gasteiger partial charge >= 0.3 is 11.9 Å². The molecule has 5 unspecified atom stereocenters. The molecule has 0 spiro atoms. The highest BCUT2D eigenvalue weighted by atomic mass is 16.4. The number of aromatic nitrogens is 2. The average molecular weight is 470 g/mol. The van der Waals surface area contributed by atoms with Gasteiger partial charge in [-0.1, -0.05) is 20.3 Å². The lowest BCUT2D eigenvalue weighted by Crippen LogP contribution is -2.59. The number of aliphatic carboxylic acids is 2. The van der Waals surface area contributed by atoms with Crippen LogP contribution in [0.1, 0.15) is 32.4 Å². The van der Waals surface area contributed by atoms with Crippen molar-refractivity contribution in [2.75, 3.05) is 6.61 Å². The lowest BCUT2D eigenvalue weighted by molar-refractivity contribution is -0.143. The number of rotatable bonds is 14. The summed E-state index contributed by atoms with van der Waals surface area (Å²) in [5.41, 5.74) is 6.04. The summed E-state index contributed by atoms with van der Waals surface area (Å²) in [5.74, 6) is -5.66. The summed E-state index contributed by atoms with van der Waals surface area (Å²) in [7, 11) is 0. The third-order valence-corrected chi connectivity index (χ3v) is 4.93. The van der Waals surface area contributed by atoms with Crippen LogP contribution in [-0.4, -0.2) is 85.7 Å². The molecular weight excluding hydrogens is 440 g/mol. The number of nitrogens with two attached hydrogens (primary N) is 1. The van der Waals surface area contributed by atoms with Crippen molar-refractivity contribution in [2.24, 2.45) is 11.7 Å². The van der Waals surface area contributed by atoms with Gasteiger partial charge in [0.25, 0.3) is 0 Å². The number of aliphatic hydroxyl groups excluding tert-OH is 1. The first-order valence-corrected chi connectivity index (χ1v) is 10.2. The molecule has 1 heterocycles. The Kier molecular flexibility index (Phi) is 10.9. The molecule has 0 aromatic carbocycles. The van der Waals surface area contributed by atoms with Gasteiger partial charge in [-0.15, -0.1) is 0 Å². The standard InChI is InChI=1S/C19H30N6O8/c1-3-9(2)15(18(31)24-13(7-26)19(32)33)25-17(30)12(4-10-6-21-8-22-10)23-16(29)11(20)5-14(27)28/h6,8-9,11-13,15,26H,3-5,7,20H2,1-2H3,(H,21,22)(H,23,29)(H,24,31)(H,25,30)(H,27,28)(H,32,33). The number of aromatic amines is 1. The van der Waals surface area contributed by atoms with Gasteiger partial charge in [-0.2, -0.15) is 0 Å². The Balaban J connectivity index is 3.05. The number of carboxylic acids is 2. The third kappa shape index (κ3) is 8.86. The van der Waals surface area contributed by atoms with Crippen LogP contribution in [0, 0.1) is 5.92 Å². The molecule has 0 aliphatic carbocycles. The van der Waals surface area contributed by atoms with Crippen molar-refractivity contribution in [2.45, 2.75) is 57.3 Å². The Morgan fingerprint density at radius 2 is 1.70 bits per heavy atom. The molecule has 0 saturated heterocycles. The summed E-state index contributed by atoms with van der Waals surface area (Å²) in [6.45, 7) is 2.57. The second kappa shape index (κ2) is 13.1. The van der Waals surface area contributed by atoms with Crippen LogP contribution in [0.25, 0.3) is 0 Å². The van der Waals surface area contributed by atoms with E-state index in [1.807, 2.05) is 0 Å². The number of aliphatic hydroxyl groups is 1. The summed E-state index contributed by atoms with van der Waals surface area (Å²) >= 11 is 0. The molecule has 14 nitrogen and oxygen atoms in total.